The van der Waals surface area contributed by atoms with Crippen LogP contribution in [0.5, 0.6) is 0 Å². The molecule has 0 bridgehead atoms. The zero-order valence-corrected chi connectivity index (χ0v) is 11.5. The fourth-order valence-corrected chi connectivity index (χ4v) is 3.52. The number of furan rings is 1. The van der Waals surface area contributed by atoms with Crippen molar-refractivity contribution in [2.24, 2.45) is 0 Å². The monoisotopic (exact) mass is 290 g/mol. The molecule has 0 saturated carbocycles. The van der Waals surface area contributed by atoms with Gasteiger partial charge in [0.15, 0.2) is 0 Å². The van der Waals surface area contributed by atoms with Gasteiger partial charge in [0.1, 0.15) is 5.58 Å². The standard InChI is InChI=1S/C14H10O3S2/c15-14(16)12-7-10-6-9(3-4-11(10)17-12)8-19-13-2-1-5-18-13/h1-7H,8H2,(H,15,16). The van der Waals surface area contributed by atoms with Gasteiger partial charge in [0.2, 0.25) is 5.76 Å². The maximum absolute atomic E-state index is 10.8. The summed E-state index contributed by atoms with van der Waals surface area (Å²) < 4.78 is 6.51. The number of thiophene rings is 1. The number of thioether (sulfide) groups is 1. The molecule has 2 heterocycles. The summed E-state index contributed by atoms with van der Waals surface area (Å²) >= 11 is 3.49. The van der Waals surface area contributed by atoms with Crippen LogP contribution in [-0.2, 0) is 5.75 Å². The minimum absolute atomic E-state index is 0.0157. The normalized spacial score (nSPS) is 10.9. The van der Waals surface area contributed by atoms with Crippen LogP contribution in [0.4, 0.5) is 0 Å². The van der Waals surface area contributed by atoms with Crippen molar-refractivity contribution in [1.82, 2.24) is 0 Å². The predicted octanol–water partition coefficient (Wildman–Crippen LogP) is 4.48. The lowest BCUT2D eigenvalue weighted by Gasteiger charge is -1.99. The minimum atomic E-state index is -1.04. The summed E-state index contributed by atoms with van der Waals surface area (Å²) in [5, 5.41) is 11.8. The molecule has 0 aliphatic heterocycles. The largest absolute Gasteiger partial charge is 0.475 e. The molecule has 0 unspecified atom stereocenters. The molecule has 3 aromatic rings. The topological polar surface area (TPSA) is 50.4 Å². The van der Waals surface area contributed by atoms with E-state index in [1.54, 1.807) is 29.2 Å². The molecule has 0 amide bonds. The summed E-state index contributed by atoms with van der Waals surface area (Å²) in [5.74, 6) is -0.187. The molecule has 0 spiro atoms. The molecule has 0 saturated heterocycles. The van der Waals surface area contributed by atoms with Gasteiger partial charge in [-0.3, -0.25) is 0 Å². The zero-order chi connectivity index (χ0) is 13.2. The van der Waals surface area contributed by atoms with Gasteiger partial charge in [-0.1, -0.05) is 12.1 Å². The Bertz CT molecular complexity index is 713. The van der Waals surface area contributed by atoms with Crippen LogP contribution in [0.3, 0.4) is 0 Å². The Balaban J connectivity index is 1.82. The first-order valence-corrected chi connectivity index (χ1v) is 7.51. The van der Waals surface area contributed by atoms with E-state index in [0.29, 0.717) is 5.58 Å². The van der Waals surface area contributed by atoms with Crippen LogP contribution < -0.4 is 0 Å². The fourth-order valence-electron chi connectivity index (χ4n) is 1.79. The van der Waals surface area contributed by atoms with E-state index in [4.69, 9.17) is 9.52 Å². The molecule has 3 rings (SSSR count). The summed E-state index contributed by atoms with van der Waals surface area (Å²) in [6.45, 7) is 0. The first-order chi connectivity index (χ1) is 9.22. The van der Waals surface area contributed by atoms with Crippen LogP contribution in [0.2, 0.25) is 0 Å². The summed E-state index contributed by atoms with van der Waals surface area (Å²) in [6.07, 6.45) is 0. The average Bonchev–Trinajstić information content (AvgIpc) is 3.04. The predicted molar refractivity (Wildman–Crippen MR) is 77.1 cm³/mol. The number of carboxylic acid groups (broad SMARTS) is 1. The molecule has 96 valence electrons. The first kappa shape index (κ1) is 12.3. The lowest BCUT2D eigenvalue weighted by Crippen LogP contribution is -1.91. The van der Waals surface area contributed by atoms with Crippen LogP contribution >= 0.6 is 23.1 Å². The van der Waals surface area contributed by atoms with Crippen molar-refractivity contribution in [3.63, 3.8) is 0 Å². The highest BCUT2D eigenvalue weighted by molar-refractivity contribution is 8.00. The summed E-state index contributed by atoms with van der Waals surface area (Å²) in [6, 6.07) is 11.5. The van der Waals surface area contributed by atoms with E-state index in [1.807, 2.05) is 24.3 Å². The molecule has 19 heavy (non-hydrogen) atoms. The van der Waals surface area contributed by atoms with E-state index in [9.17, 15) is 4.79 Å². The summed E-state index contributed by atoms with van der Waals surface area (Å²) in [5.41, 5.74) is 1.77. The molecule has 0 aliphatic rings. The second-order valence-electron chi connectivity index (χ2n) is 4.01. The summed E-state index contributed by atoms with van der Waals surface area (Å²) in [7, 11) is 0. The van der Waals surface area contributed by atoms with E-state index in [0.717, 1.165) is 16.7 Å². The Labute approximate surface area is 117 Å². The molecular formula is C14H10O3S2. The number of fused-ring (bicyclic) bond motifs is 1. The van der Waals surface area contributed by atoms with Crippen LogP contribution in [-0.4, -0.2) is 11.1 Å². The molecule has 2 aromatic heterocycles. The van der Waals surface area contributed by atoms with Crippen LogP contribution in [0.25, 0.3) is 11.0 Å². The number of aromatic carboxylic acids is 1. The Morgan fingerprint density at radius 2 is 2.21 bits per heavy atom. The third-order valence-electron chi connectivity index (χ3n) is 2.67. The van der Waals surface area contributed by atoms with E-state index >= 15 is 0 Å². The maximum atomic E-state index is 10.8. The van der Waals surface area contributed by atoms with Gasteiger partial charge in [0.25, 0.3) is 0 Å². The second-order valence-corrected chi connectivity index (χ2v) is 6.23. The second kappa shape index (κ2) is 5.11. The molecule has 0 aliphatic carbocycles. The number of carboxylic acids is 1. The van der Waals surface area contributed by atoms with Gasteiger partial charge in [-0.05, 0) is 35.2 Å². The van der Waals surface area contributed by atoms with Crippen molar-refractivity contribution in [3.8, 4) is 0 Å². The van der Waals surface area contributed by atoms with Crippen molar-refractivity contribution in [3.05, 3.63) is 53.1 Å². The molecule has 0 atom stereocenters. The lowest BCUT2D eigenvalue weighted by atomic mass is 10.2. The van der Waals surface area contributed by atoms with Gasteiger partial charge in [0, 0.05) is 11.1 Å². The van der Waals surface area contributed by atoms with Crippen molar-refractivity contribution in [1.29, 1.82) is 0 Å². The highest BCUT2D eigenvalue weighted by Gasteiger charge is 2.10. The van der Waals surface area contributed by atoms with Gasteiger partial charge in [0.05, 0.1) is 4.21 Å². The van der Waals surface area contributed by atoms with Crippen molar-refractivity contribution in [2.45, 2.75) is 9.96 Å². The van der Waals surface area contributed by atoms with Gasteiger partial charge >= 0.3 is 5.97 Å². The Morgan fingerprint density at radius 1 is 1.32 bits per heavy atom. The van der Waals surface area contributed by atoms with Crippen molar-refractivity contribution in [2.75, 3.05) is 0 Å². The molecular weight excluding hydrogens is 280 g/mol. The molecule has 0 fully saturated rings. The van der Waals surface area contributed by atoms with E-state index < -0.39 is 5.97 Å². The van der Waals surface area contributed by atoms with Gasteiger partial charge in [-0.2, -0.15) is 0 Å². The smallest absolute Gasteiger partial charge is 0.371 e. The Kier molecular flexibility index (Phi) is 3.31. The third kappa shape index (κ3) is 2.67. The number of hydrogen-bond donors (Lipinski definition) is 1. The maximum Gasteiger partial charge on any atom is 0.371 e. The zero-order valence-electron chi connectivity index (χ0n) is 9.83. The van der Waals surface area contributed by atoms with Gasteiger partial charge in [-0.25, -0.2) is 4.79 Å². The van der Waals surface area contributed by atoms with E-state index in [-0.39, 0.29) is 5.76 Å². The molecule has 5 heteroatoms. The molecule has 1 aromatic carbocycles. The van der Waals surface area contributed by atoms with E-state index in [1.165, 1.54) is 4.21 Å². The first-order valence-electron chi connectivity index (χ1n) is 5.64. The van der Waals surface area contributed by atoms with Gasteiger partial charge < -0.3 is 9.52 Å². The van der Waals surface area contributed by atoms with Crippen LogP contribution in [0.1, 0.15) is 16.1 Å². The minimum Gasteiger partial charge on any atom is -0.475 e. The Morgan fingerprint density at radius 3 is 2.95 bits per heavy atom. The molecule has 1 N–H and O–H groups in total. The molecule has 3 nitrogen and oxygen atoms in total. The summed E-state index contributed by atoms with van der Waals surface area (Å²) in [4.78, 5) is 10.8. The van der Waals surface area contributed by atoms with Crippen molar-refractivity contribution < 1.29 is 14.3 Å². The number of benzene rings is 1. The van der Waals surface area contributed by atoms with E-state index in [2.05, 4.69) is 11.4 Å². The fraction of sp³-hybridized carbons (Fsp3) is 0.0714. The average molecular weight is 290 g/mol. The number of carbonyl (C=O) groups is 1. The Hall–Kier alpha value is -1.72. The molecule has 0 radical (unpaired) electrons. The highest BCUT2D eigenvalue weighted by Crippen LogP contribution is 2.28. The quantitative estimate of drug-likeness (QED) is 0.719. The van der Waals surface area contributed by atoms with Crippen molar-refractivity contribution >= 4 is 40.0 Å². The lowest BCUT2D eigenvalue weighted by molar-refractivity contribution is 0.0665. The number of rotatable bonds is 4. The van der Waals surface area contributed by atoms with Crippen LogP contribution in [0.15, 0.2) is 50.4 Å². The SMILES string of the molecule is O=C(O)c1cc2cc(CSc3cccs3)ccc2o1. The van der Waals surface area contributed by atoms with Gasteiger partial charge in [-0.15, -0.1) is 23.1 Å². The number of hydrogen-bond acceptors (Lipinski definition) is 4. The third-order valence-corrected chi connectivity index (χ3v) is 4.87. The highest BCUT2D eigenvalue weighted by atomic mass is 32.2. The van der Waals surface area contributed by atoms with Crippen LogP contribution in [0, 0.1) is 0 Å².